The highest BCUT2D eigenvalue weighted by Gasteiger charge is 2.37. The molecule has 0 aliphatic carbocycles. The van der Waals surface area contributed by atoms with E-state index in [1.54, 1.807) is 35.3 Å². The number of morpholine rings is 1. The summed E-state index contributed by atoms with van der Waals surface area (Å²) in [4.78, 5) is 40.3. The highest BCUT2D eigenvalue weighted by molar-refractivity contribution is 8.18. The highest BCUT2D eigenvalue weighted by Crippen LogP contribution is 2.34. The first-order valence-corrected chi connectivity index (χ1v) is 10.5. The maximum absolute atomic E-state index is 12.7. The number of thioether (sulfide) groups is 1. The van der Waals surface area contributed by atoms with Crippen LogP contribution < -0.4 is 9.47 Å². The van der Waals surface area contributed by atoms with Crippen LogP contribution in [0.25, 0.3) is 6.08 Å². The van der Waals surface area contributed by atoms with E-state index in [4.69, 9.17) is 14.2 Å². The second-order valence-electron chi connectivity index (χ2n) is 6.50. The predicted molar refractivity (Wildman–Crippen MR) is 113 cm³/mol. The van der Waals surface area contributed by atoms with Crippen molar-refractivity contribution in [2.45, 2.75) is 6.92 Å². The Labute approximate surface area is 179 Å². The van der Waals surface area contributed by atoms with Gasteiger partial charge >= 0.3 is 0 Å². The minimum Gasteiger partial charge on any atom is -0.490 e. The number of imide groups is 1. The molecule has 0 unspecified atom stereocenters. The average molecular weight is 432 g/mol. The van der Waals surface area contributed by atoms with Gasteiger partial charge in [0.25, 0.3) is 11.1 Å². The van der Waals surface area contributed by atoms with Crippen LogP contribution in [0.1, 0.15) is 12.5 Å². The lowest BCUT2D eigenvalue weighted by Crippen LogP contribution is -2.46. The molecule has 0 aromatic heterocycles. The van der Waals surface area contributed by atoms with Gasteiger partial charge in [-0.25, -0.2) is 0 Å². The fraction of sp³-hybridized carbons (Fsp3) is 0.381. The van der Waals surface area contributed by atoms with E-state index in [1.165, 1.54) is 0 Å². The molecular formula is C21H24N2O6S. The van der Waals surface area contributed by atoms with Gasteiger partial charge in [-0.3, -0.25) is 19.3 Å². The van der Waals surface area contributed by atoms with Crippen LogP contribution in [0.2, 0.25) is 0 Å². The molecule has 2 saturated heterocycles. The number of amides is 3. The van der Waals surface area contributed by atoms with Crippen LogP contribution in [-0.4, -0.2) is 72.9 Å². The summed E-state index contributed by atoms with van der Waals surface area (Å²) in [6.45, 7) is 7.87. The molecule has 9 heteroatoms. The van der Waals surface area contributed by atoms with Crippen molar-refractivity contribution in [1.29, 1.82) is 0 Å². The lowest BCUT2D eigenvalue weighted by molar-refractivity contribution is -0.139. The van der Waals surface area contributed by atoms with Crippen LogP contribution in [0.15, 0.2) is 35.8 Å². The third kappa shape index (κ3) is 5.22. The molecule has 1 aromatic rings. The maximum atomic E-state index is 12.7. The van der Waals surface area contributed by atoms with E-state index in [0.717, 1.165) is 16.7 Å². The van der Waals surface area contributed by atoms with Gasteiger partial charge in [0.2, 0.25) is 5.91 Å². The molecule has 8 nitrogen and oxygen atoms in total. The minimum absolute atomic E-state index is 0.260. The second kappa shape index (κ2) is 10.3. The van der Waals surface area contributed by atoms with Crippen LogP contribution in [0, 0.1) is 0 Å². The van der Waals surface area contributed by atoms with Crippen molar-refractivity contribution in [2.75, 3.05) is 46.1 Å². The van der Waals surface area contributed by atoms with Crippen molar-refractivity contribution in [2.24, 2.45) is 0 Å². The summed E-state index contributed by atoms with van der Waals surface area (Å²) >= 11 is 0.820. The van der Waals surface area contributed by atoms with Crippen molar-refractivity contribution in [1.82, 2.24) is 9.80 Å². The molecule has 0 N–H and O–H groups in total. The van der Waals surface area contributed by atoms with Gasteiger partial charge in [-0.05, 0) is 42.5 Å². The summed E-state index contributed by atoms with van der Waals surface area (Å²) in [5.41, 5.74) is 0.689. The molecule has 3 rings (SSSR count). The molecule has 3 amide bonds. The molecule has 1 aromatic carbocycles. The Kier molecular flexibility index (Phi) is 7.53. The molecule has 0 bridgehead atoms. The lowest BCUT2D eigenvalue weighted by Gasteiger charge is -2.28. The van der Waals surface area contributed by atoms with Gasteiger partial charge in [-0.15, -0.1) is 0 Å². The van der Waals surface area contributed by atoms with Gasteiger partial charge in [-0.1, -0.05) is 18.7 Å². The van der Waals surface area contributed by atoms with E-state index < -0.39 is 11.1 Å². The van der Waals surface area contributed by atoms with E-state index >= 15 is 0 Å². The summed E-state index contributed by atoms with van der Waals surface area (Å²) < 4.78 is 16.4. The Morgan fingerprint density at radius 1 is 1.23 bits per heavy atom. The molecular weight excluding hydrogens is 408 g/mol. The predicted octanol–water partition coefficient (Wildman–Crippen LogP) is 2.55. The number of carbonyl (C=O) groups excluding carboxylic acids is 3. The van der Waals surface area contributed by atoms with Gasteiger partial charge in [0.15, 0.2) is 11.5 Å². The van der Waals surface area contributed by atoms with Gasteiger partial charge in [-0.2, -0.15) is 0 Å². The largest absolute Gasteiger partial charge is 0.490 e. The Bertz CT molecular complexity index is 863. The second-order valence-corrected chi connectivity index (χ2v) is 7.49. The van der Waals surface area contributed by atoms with Gasteiger partial charge in [0.05, 0.1) is 24.7 Å². The molecule has 0 radical (unpaired) electrons. The SMILES string of the molecule is C=CCOc1ccc(/C=C2\SC(=O)N(CC(=O)N3CCOCC3)C2=O)cc1OCC. The summed E-state index contributed by atoms with van der Waals surface area (Å²) in [5.74, 6) is 0.369. The molecule has 2 aliphatic rings. The first-order chi connectivity index (χ1) is 14.5. The third-order valence-corrected chi connectivity index (χ3v) is 5.36. The normalized spacial score (nSPS) is 18.1. The third-order valence-electron chi connectivity index (χ3n) is 4.45. The Morgan fingerprint density at radius 2 is 2.00 bits per heavy atom. The molecule has 0 saturated carbocycles. The Balaban J connectivity index is 1.73. The van der Waals surface area contributed by atoms with Crippen LogP contribution in [-0.2, 0) is 14.3 Å². The van der Waals surface area contributed by atoms with Crippen molar-refractivity contribution < 1.29 is 28.6 Å². The monoisotopic (exact) mass is 432 g/mol. The van der Waals surface area contributed by atoms with Gasteiger partial charge in [0.1, 0.15) is 13.2 Å². The van der Waals surface area contributed by atoms with Gasteiger partial charge < -0.3 is 19.1 Å². The zero-order chi connectivity index (χ0) is 21.5. The maximum Gasteiger partial charge on any atom is 0.294 e. The van der Waals surface area contributed by atoms with Crippen LogP contribution in [0.3, 0.4) is 0 Å². The molecule has 160 valence electrons. The summed E-state index contributed by atoms with van der Waals surface area (Å²) in [5, 5.41) is -0.455. The minimum atomic E-state index is -0.475. The van der Waals surface area contributed by atoms with Crippen LogP contribution in [0.4, 0.5) is 4.79 Å². The summed E-state index contributed by atoms with van der Waals surface area (Å²) in [6.07, 6.45) is 3.25. The Morgan fingerprint density at radius 3 is 2.70 bits per heavy atom. The molecule has 0 spiro atoms. The van der Waals surface area contributed by atoms with E-state index in [0.29, 0.717) is 56.6 Å². The number of benzene rings is 1. The number of hydrogen-bond acceptors (Lipinski definition) is 7. The number of ether oxygens (including phenoxy) is 3. The topological polar surface area (TPSA) is 85.4 Å². The van der Waals surface area contributed by atoms with Gasteiger partial charge in [0, 0.05) is 13.1 Å². The molecule has 2 fully saturated rings. The molecule has 30 heavy (non-hydrogen) atoms. The Hall–Kier alpha value is -2.78. The zero-order valence-corrected chi connectivity index (χ0v) is 17.6. The van der Waals surface area contributed by atoms with E-state index in [-0.39, 0.29) is 17.4 Å². The van der Waals surface area contributed by atoms with E-state index in [9.17, 15) is 14.4 Å². The number of hydrogen-bond donors (Lipinski definition) is 0. The number of rotatable bonds is 8. The van der Waals surface area contributed by atoms with Crippen LogP contribution in [0.5, 0.6) is 11.5 Å². The first kappa shape index (κ1) is 21.9. The number of nitrogens with zero attached hydrogens (tertiary/aromatic N) is 2. The van der Waals surface area contributed by atoms with Crippen LogP contribution >= 0.6 is 11.8 Å². The zero-order valence-electron chi connectivity index (χ0n) is 16.8. The highest BCUT2D eigenvalue weighted by atomic mass is 32.2. The van der Waals surface area contributed by atoms with Crippen molar-refractivity contribution in [3.63, 3.8) is 0 Å². The fourth-order valence-electron chi connectivity index (χ4n) is 2.99. The van der Waals surface area contributed by atoms with E-state index in [1.807, 2.05) is 6.92 Å². The van der Waals surface area contributed by atoms with Crippen molar-refractivity contribution in [3.8, 4) is 11.5 Å². The quantitative estimate of drug-likeness (QED) is 0.461. The molecule has 0 atom stereocenters. The standard InChI is InChI=1S/C21H24N2O6S/c1-3-9-29-16-6-5-15(12-17(16)28-4-2)13-18-20(25)23(21(26)30-18)14-19(24)22-7-10-27-11-8-22/h3,5-6,12-13H,1,4,7-11,14H2,2H3/b18-13-. The molecule has 2 heterocycles. The van der Waals surface area contributed by atoms with Crippen molar-refractivity contribution >= 4 is 34.9 Å². The summed E-state index contributed by atoms with van der Waals surface area (Å²) in [7, 11) is 0. The first-order valence-electron chi connectivity index (χ1n) is 9.65. The summed E-state index contributed by atoms with van der Waals surface area (Å²) in [6, 6.07) is 5.26. The number of carbonyl (C=O) groups is 3. The lowest BCUT2D eigenvalue weighted by atomic mass is 10.2. The van der Waals surface area contributed by atoms with Crippen molar-refractivity contribution in [3.05, 3.63) is 41.3 Å². The smallest absolute Gasteiger partial charge is 0.294 e. The molecule has 2 aliphatic heterocycles. The average Bonchev–Trinajstić information content (AvgIpc) is 3.01. The fourth-order valence-corrected chi connectivity index (χ4v) is 3.82. The van der Waals surface area contributed by atoms with E-state index in [2.05, 4.69) is 6.58 Å².